The van der Waals surface area contributed by atoms with E-state index in [1.165, 1.54) is 24.3 Å². The highest BCUT2D eigenvalue weighted by Gasteiger charge is 2.14. The number of aryl methyl sites for hydroxylation is 2. The van der Waals surface area contributed by atoms with Crippen molar-refractivity contribution in [3.05, 3.63) is 65.7 Å². The van der Waals surface area contributed by atoms with Crippen LogP contribution in [0.5, 0.6) is 0 Å². The van der Waals surface area contributed by atoms with Gasteiger partial charge in [0, 0.05) is 17.5 Å². The molecule has 2 rings (SSSR count). The standard InChI is InChI=1S/C18H18N2O5S/c1-12-9-13(2)11-15(10-12)20-26(24,25)16-5-3-14(4-6-16)19-17(21)7-8-18(22)23/h3-11,20H,1-2H3,(H,19,21)(H,22,23)/p-1. The zero-order chi connectivity index (χ0) is 19.3. The molecule has 1 amide bonds. The summed E-state index contributed by atoms with van der Waals surface area (Å²) in [6.45, 7) is 3.74. The lowest BCUT2D eigenvalue weighted by atomic mass is 10.1. The van der Waals surface area contributed by atoms with Crippen molar-refractivity contribution in [3.8, 4) is 0 Å². The molecule has 0 aliphatic rings. The Morgan fingerprint density at radius 3 is 2.04 bits per heavy atom. The summed E-state index contributed by atoms with van der Waals surface area (Å²) < 4.78 is 27.4. The molecule has 0 saturated carbocycles. The average Bonchev–Trinajstić information content (AvgIpc) is 2.52. The third kappa shape index (κ3) is 5.45. The van der Waals surface area contributed by atoms with Crippen LogP contribution >= 0.6 is 0 Å². The summed E-state index contributed by atoms with van der Waals surface area (Å²) in [6.07, 6.45) is 1.41. The summed E-state index contributed by atoms with van der Waals surface area (Å²) in [5.41, 5.74) is 2.66. The highest BCUT2D eigenvalue weighted by molar-refractivity contribution is 7.92. The summed E-state index contributed by atoms with van der Waals surface area (Å²) in [6, 6.07) is 10.9. The van der Waals surface area contributed by atoms with Crippen LogP contribution in [0.3, 0.4) is 0 Å². The largest absolute Gasteiger partial charge is 0.545 e. The van der Waals surface area contributed by atoms with Crippen LogP contribution in [-0.2, 0) is 19.6 Å². The van der Waals surface area contributed by atoms with E-state index in [-0.39, 0.29) is 4.90 Å². The lowest BCUT2D eigenvalue weighted by Crippen LogP contribution is -2.20. The first-order valence-corrected chi connectivity index (χ1v) is 9.05. The molecule has 8 heteroatoms. The van der Waals surface area contributed by atoms with E-state index >= 15 is 0 Å². The minimum absolute atomic E-state index is 0.0277. The number of carbonyl (C=O) groups excluding carboxylic acids is 2. The van der Waals surface area contributed by atoms with Crippen LogP contribution in [0.25, 0.3) is 0 Å². The number of carboxylic acids is 1. The fourth-order valence-corrected chi connectivity index (χ4v) is 3.33. The maximum absolute atomic E-state index is 12.5. The summed E-state index contributed by atoms with van der Waals surface area (Å²) in [7, 11) is -3.78. The quantitative estimate of drug-likeness (QED) is 0.742. The van der Waals surface area contributed by atoms with Gasteiger partial charge in [0.05, 0.1) is 10.9 Å². The number of hydrogen-bond acceptors (Lipinski definition) is 5. The lowest BCUT2D eigenvalue weighted by Gasteiger charge is -2.10. The summed E-state index contributed by atoms with van der Waals surface area (Å²) in [5, 5.41) is 12.7. The number of carbonyl (C=O) groups is 2. The van der Waals surface area contributed by atoms with Gasteiger partial charge in [-0.25, -0.2) is 8.42 Å². The van der Waals surface area contributed by atoms with Gasteiger partial charge in [-0.1, -0.05) is 6.07 Å². The molecule has 0 aliphatic carbocycles. The molecule has 0 spiro atoms. The first-order chi connectivity index (χ1) is 12.2. The minimum atomic E-state index is -3.78. The normalized spacial score (nSPS) is 11.3. The molecule has 0 aliphatic heterocycles. The second-order valence-electron chi connectivity index (χ2n) is 5.65. The Balaban J connectivity index is 2.13. The third-order valence-corrected chi connectivity index (χ3v) is 4.67. The van der Waals surface area contributed by atoms with Crippen LogP contribution in [0.1, 0.15) is 11.1 Å². The van der Waals surface area contributed by atoms with Gasteiger partial charge >= 0.3 is 0 Å². The van der Waals surface area contributed by atoms with E-state index in [0.29, 0.717) is 17.5 Å². The predicted octanol–water partition coefficient (Wildman–Crippen LogP) is 1.35. The van der Waals surface area contributed by atoms with Gasteiger partial charge in [0.15, 0.2) is 0 Å². The average molecular weight is 373 g/mol. The Hall–Kier alpha value is -3.13. The van der Waals surface area contributed by atoms with Crippen molar-refractivity contribution in [2.45, 2.75) is 18.7 Å². The van der Waals surface area contributed by atoms with Gasteiger partial charge in [0.2, 0.25) is 5.91 Å². The van der Waals surface area contributed by atoms with E-state index in [2.05, 4.69) is 10.0 Å². The van der Waals surface area contributed by atoms with Crippen LogP contribution in [-0.4, -0.2) is 20.3 Å². The lowest BCUT2D eigenvalue weighted by molar-refractivity contribution is -0.297. The molecular weight excluding hydrogens is 356 g/mol. The predicted molar refractivity (Wildman–Crippen MR) is 95.9 cm³/mol. The van der Waals surface area contributed by atoms with Crippen LogP contribution < -0.4 is 15.1 Å². The number of benzene rings is 2. The first-order valence-electron chi connectivity index (χ1n) is 7.57. The van der Waals surface area contributed by atoms with Crippen LogP contribution in [0.15, 0.2) is 59.5 Å². The number of carboxylic acid groups (broad SMARTS) is 1. The molecule has 0 heterocycles. The minimum Gasteiger partial charge on any atom is -0.545 e. The topological polar surface area (TPSA) is 115 Å². The summed E-state index contributed by atoms with van der Waals surface area (Å²) in [5.74, 6) is -2.16. The molecule has 2 N–H and O–H groups in total. The van der Waals surface area contributed by atoms with Crippen molar-refractivity contribution in [2.24, 2.45) is 0 Å². The molecule has 0 atom stereocenters. The van der Waals surface area contributed by atoms with Crippen LogP contribution in [0.2, 0.25) is 0 Å². The highest BCUT2D eigenvalue weighted by Crippen LogP contribution is 2.20. The van der Waals surface area contributed by atoms with E-state index in [1.54, 1.807) is 12.1 Å². The van der Waals surface area contributed by atoms with Gasteiger partial charge in [0.25, 0.3) is 10.0 Å². The zero-order valence-electron chi connectivity index (χ0n) is 14.1. The third-order valence-electron chi connectivity index (χ3n) is 3.28. The van der Waals surface area contributed by atoms with Gasteiger partial charge < -0.3 is 15.2 Å². The van der Waals surface area contributed by atoms with Crippen molar-refractivity contribution in [2.75, 3.05) is 10.0 Å². The van der Waals surface area contributed by atoms with Gasteiger partial charge in [-0.15, -0.1) is 0 Å². The van der Waals surface area contributed by atoms with Gasteiger partial charge in [-0.2, -0.15) is 0 Å². The molecule has 2 aromatic carbocycles. The molecule has 0 fully saturated rings. The fourth-order valence-electron chi connectivity index (χ4n) is 2.29. The molecule has 0 bridgehead atoms. The van der Waals surface area contributed by atoms with Crippen molar-refractivity contribution < 1.29 is 23.1 Å². The Morgan fingerprint density at radius 1 is 0.923 bits per heavy atom. The number of rotatable bonds is 6. The Morgan fingerprint density at radius 2 is 1.50 bits per heavy atom. The molecule has 0 radical (unpaired) electrons. The number of hydrogen-bond donors (Lipinski definition) is 2. The second kappa shape index (κ2) is 7.83. The number of nitrogens with one attached hydrogen (secondary N) is 2. The molecule has 2 aromatic rings. The second-order valence-corrected chi connectivity index (χ2v) is 7.33. The molecule has 0 saturated heterocycles. The van der Waals surface area contributed by atoms with E-state index in [4.69, 9.17) is 0 Å². The van der Waals surface area contributed by atoms with E-state index in [1.807, 2.05) is 19.9 Å². The van der Waals surface area contributed by atoms with Crippen molar-refractivity contribution in [1.29, 1.82) is 0 Å². The molecule has 136 valence electrons. The molecule has 0 aromatic heterocycles. The smallest absolute Gasteiger partial charge is 0.261 e. The van der Waals surface area contributed by atoms with Gasteiger partial charge in [-0.3, -0.25) is 9.52 Å². The monoisotopic (exact) mass is 373 g/mol. The first kappa shape index (κ1) is 19.2. The Bertz CT molecular complexity index is 943. The number of amides is 1. The number of aliphatic carboxylic acids is 1. The molecular formula is C18H17N2O5S-. The zero-order valence-corrected chi connectivity index (χ0v) is 15.0. The van der Waals surface area contributed by atoms with Crippen molar-refractivity contribution >= 4 is 33.3 Å². The Labute approximate surface area is 151 Å². The Kier molecular flexibility index (Phi) is 5.78. The fraction of sp³-hybridized carbons (Fsp3) is 0.111. The van der Waals surface area contributed by atoms with Crippen LogP contribution in [0.4, 0.5) is 11.4 Å². The SMILES string of the molecule is Cc1cc(C)cc(NS(=O)(=O)c2ccc(NC(=O)C=CC(=O)[O-])cc2)c1. The van der Waals surface area contributed by atoms with E-state index < -0.39 is 21.9 Å². The summed E-state index contributed by atoms with van der Waals surface area (Å²) in [4.78, 5) is 21.8. The van der Waals surface area contributed by atoms with Crippen LogP contribution in [0, 0.1) is 13.8 Å². The summed E-state index contributed by atoms with van der Waals surface area (Å²) >= 11 is 0. The van der Waals surface area contributed by atoms with Crippen molar-refractivity contribution in [3.63, 3.8) is 0 Å². The van der Waals surface area contributed by atoms with Gasteiger partial charge in [0.1, 0.15) is 0 Å². The van der Waals surface area contributed by atoms with Crippen molar-refractivity contribution in [1.82, 2.24) is 0 Å². The van der Waals surface area contributed by atoms with E-state index in [0.717, 1.165) is 17.2 Å². The van der Waals surface area contributed by atoms with Gasteiger partial charge in [-0.05, 0) is 67.4 Å². The highest BCUT2D eigenvalue weighted by atomic mass is 32.2. The molecule has 7 nitrogen and oxygen atoms in total. The maximum Gasteiger partial charge on any atom is 0.261 e. The molecule has 0 unspecified atom stereocenters. The number of sulfonamides is 1. The number of anilines is 2. The maximum atomic E-state index is 12.5. The van der Waals surface area contributed by atoms with E-state index in [9.17, 15) is 23.1 Å². The molecule has 26 heavy (non-hydrogen) atoms.